The zero-order valence-electron chi connectivity index (χ0n) is 6.13. The van der Waals surface area contributed by atoms with Crippen molar-refractivity contribution in [3.8, 4) is 0 Å². The van der Waals surface area contributed by atoms with Crippen molar-refractivity contribution >= 4 is 5.71 Å². The van der Waals surface area contributed by atoms with Crippen molar-refractivity contribution in [2.24, 2.45) is 4.99 Å². The Morgan fingerprint density at radius 1 is 1.80 bits per heavy atom. The molecule has 0 bridgehead atoms. The van der Waals surface area contributed by atoms with Gasteiger partial charge in [-0.1, -0.05) is 6.58 Å². The quantitative estimate of drug-likeness (QED) is 0.565. The topological polar surface area (TPSA) is 21.6 Å². The largest absolute Gasteiger partial charge is 0.495 e. The molecule has 0 amide bonds. The Balaban J connectivity index is 2.76. The van der Waals surface area contributed by atoms with Crippen molar-refractivity contribution in [1.82, 2.24) is 0 Å². The first-order valence-electron chi connectivity index (χ1n) is 3.30. The van der Waals surface area contributed by atoms with Crippen LogP contribution in [-0.4, -0.2) is 19.4 Å². The maximum atomic E-state index is 5.05. The molecular formula is C8H11NO. The summed E-state index contributed by atoms with van der Waals surface area (Å²) in [6.45, 7) is 4.49. The molecule has 0 aliphatic carbocycles. The number of aliphatic imine (C=N–C) groups is 1. The third-order valence-corrected chi connectivity index (χ3v) is 1.41. The molecule has 0 radical (unpaired) electrons. The van der Waals surface area contributed by atoms with Gasteiger partial charge in [-0.25, -0.2) is 0 Å². The van der Waals surface area contributed by atoms with Gasteiger partial charge in [-0.3, -0.25) is 4.99 Å². The van der Waals surface area contributed by atoms with Crippen LogP contribution in [0, 0.1) is 0 Å². The normalized spacial score (nSPS) is 17.3. The van der Waals surface area contributed by atoms with Crippen molar-refractivity contribution in [2.75, 3.05) is 13.7 Å². The van der Waals surface area contributed by atoms with E-state index in [1.54, 1.807) is 13.2 Å². The molecular weight excluding hydrogens is 126 g/mol. The zero-order chi connectivity index (χ0) is 7.40. The standard InChI is InChI=1S/C8H11NO/c1-3-7-8(10-2)5-4-6-9-7/h3,5H,1,4,6H2,2H3. The van der Waals surface area contributed by atoms with Gasteiger partial charge in [0, 0.05) is 6.54 Å². The van der Waals surface area contributed by atoms with Gasteiger partial charge in [0.2, 0.25) is 0 Å². The molecule has 0 unspecified atom stereocenters. The van der Waals surface area contributed by atoms with Crippen molar-refractivity contribution in [3.63, 3.8) is 0 Å². The van der Waals surface area contributed by atoms with Crippen LogP contribution in [0.25, 0.3) is 0 Å². The van der Waals surface area contributed by atoms with Crippen LogP contribution >= 0.6 is 0 Å². The van der Waals surface area contributed by atoms with Gasteiger partial charge in [0.25, 0.3) is 0 Å². The fraction of sp³-hybridized carbons (Fsp3) is 0.375. The van der Waals surface area contributed by atoms with E-state index < -0.39 is 0 Å². The SMILES string of the molecule is C=CC1=NCCC=C1OC. The molecule has 0 aromatic rings. The molecule has 0 saturated carbocycles. The van der Waals surface area contributed by atoms with Gasteiger partial charge in [-0.15, -0.1) is 0 Å². The summed E-state index contributed by atoms with van der Waals surface area (Å²) in [5.41, 5.74) is 0.869. The average Bonchev–Trinajstić information content (AvgIpc) is 2.04. The molecule has 0 aromatic heterocycles. The van der Waals surface area contributed by atoms with E-state index in [-0.39, 0.29) is 0 Å². The maximum absolute atomic E-state index is 5.05. The smallest absolute Gasteiger partial charge is 0.140 e. The van der Waals surface area contributed by atoms with Crippen molar-refractivity contribution in [2.45, 2.75) is 6.42 Å². The first-order chi connectivity index (χ1) is 4.88. The van der Waals surface area contributed by atoms with Crippen LogP contribution in [0.5, 0.6) is 0 Å². The molecule has 0 atom stereocenters. The highest BCUT2D eigenvalue weighted by Gasteiger charge is 2.05. The number of ether oxygens (including phenoxy) is 1. The Morgan fingerprint density at radius 2 is 2.60 bits per heavy atom. The van der Waals surface area contributed by atoms with E-state index in [1.165, 1.54) is 0 Å². The van der Waals surface area contributed by atoms with Crippen LogP contribution in [0.15, 0.2) is 29.5 Å². The summed E-state index contributed by atoms with van der Waals surface area (Å²) in [6, 6.07) is 0. The molecule has 0 spiro atoms. The lowest BCUT2D eigenvalue weighted by molar-refractivity contribution is 0.312. The fourth-order valence-electron chi connectivity index (χ4n) is 0.916. The summed E-state index contributed by atoms with van der Waals surface area (Å²) in [5, 5.41) is 0. The highest BCUT2D eigenvalue weighted by atomic mass is 16.5. The summed E-state index contributed by atoms with van der Waals surface area (Å²) in [4.78, 5) is 4.21. The van der Waals surface area contributed by atoms with E-state index in [4.69, 9.17) is 4.74 Å². The second-order valence-electron chi connectivity index (χ2n) is 2.03. The van der Waals surface area contributed by atoms with E-state index in [2.05, 4.69) is 11.6 Å². The van der Waals surface area contributed by atoms with Crippen LogP contribution in [0.3, 0.4) is 0 Å². The summed E-state index contributed by atoms with van der Waals surface area (Å²) in [6.07, 6.45) is 4.72. The Hall–Kier alpha value is -1.05. The van der Waals surface area contributed by atoms with Crippen LogP contribution in [0.2, 0.25) is 0 Å². The van der Waals surface area contributed by atoms with Gasteiger partial charge in [-0.2, -0.15) is 0 Å². The van der Waals surface area contributed by atoms with Crippen LogP contribution in [0.4, 0.5) is 0 Å². The number of hydrogen-bond donors (Lipinski definition) is 0. The Morgan fingerprint density at radius 3 is 3.10 bits per heavy atom. The minimum Gasteiger partial charge on any atom is -0.495 e. The molecule has 0 saturated heterocycles. The number of hydrogen-bond acceptors (Lipinski definition) is 2. The van der Waals surface area contributed by atoms with E-state index >= 15 is 0 Å². The Labute approximate surface area is 60.9 Å². The molecule has 54 valence electrons. The van der Waals surface area contributed by atoms with E-state index in [9.17, 15) is 0 Å². The molecule has 0 N–H and O–H groups in total. The van der Waals surface area contributed by atoms with Crippen LogP contribution < -0.4 is 0 Å². The number of dihydropyridines is 1. The van der Waals surface area contributed by atoms with Gasteiger partial charge in [0.05, 0.1) is 12.8 Å². The second-order valence-corrected chi connectivity index (χ2v) is 2.03. The lowest BCUT2D eigenvalue weighted by Gasteiger charge is -2.09. The highest BCUT2D eigenvalue weighted by molar-refractivity contribution is 6.06. The molecule has 2 nitrogen and oxygen atoms in total. The summed E-state index contributed by atoms with van der Waals surface area (Å²) in [7, 11) is 1.65. The lowest BCUT2D eigenvalue weighted by Crippen LogP contribution is -2.06. The van der Waals surface area contributed by atoms with Crippen molar-refractivity contribution in [3.05, 3.63) is 24.5 Å². The molecule has 1 aliphatic heterocycles. The molecule has 10 heavy (non-hydrogen) atoms. The first kappa shape index (κ1) is 7.06. The third kappa shape index (κ3) is 1.26. The predicted molar refractivity (Wildman–Crippen MR) is 42.2 cm³/mol. The molecule has 1 rings (SSSR count). The molecule has 0 fully saturated rings. The van der Waals surface area contributed by atoms with E-state index in [0.717, 1.165) is 24.4 Å². The maximum Gasteiger partial charge on any atom is 0.140 e. The number of rotatable bonds is 2. The highest BCUT2D eigenvalue weighted by Crippen LogP contribution is 2.07. The molecule has 1 aliphatic rings. The van der Waals surface area contributed by atoms with Gasteiger partial charge in [0.15, 0.2) is 0 Å². The molecule has 1 heterocycles. The van der Waals surface area contributed by atoms with E-state index in [0.29, 0.717) is 0 Å². The van der Waals surface area contributed by atoms with E-state index in [1.807, 2.05) is 6.08 Å². The van der Waals surface area contributed by atoms with Crippen molar-refractivity contribution in [1.29, 1.82) is 0 Å². The summed E-state index contributed by atoms with van der Waals surface area (Å²) >= 11 is 0. The third-order valence-electron chi connectivity index (χ3n) is 1.41. The monoisotopic (exact) mass is 137 g/mol. The van der Waals surface area contributed by atoms with Gasteiger partial charge in [0.1, 0.15) is 5.76 Å². The zero-order valence-corrected chi connectivity index (χ0v) is 6.13. The lowest BCUT2D eigenvalue weighted by atomic mass is 10.2. The minimum absolute atomic E-state index is 0.848. The summed E-state index contributed by atoms with van der Waals surface area (Å²) in [5.74, 6) is 0.848. The van der Waals surface area contributed by atoms with Gasteiger partial charge < -0.3 is 4.74 Å². The van der Waals surface area contributed by atoms with Crippen LogP contribution in [0.1, 0.15) is 6.42 Å². The summed E-state index contributed by atoms with van der Waals surface area (Å²) < 4.78 is 5.05. The Kier molecular flexibility index (Phi) is 2.26. The number of nitrogens with zero attached hydrogens (tertiary/aromatic N) is 1. The second kappa shape index (κ2) is 3.20. The van der Waals surface area contributed by atoms with Gasteiger partial charge >= 0.3 is 0 Å². The van der Waals surface area contributed by atoms with Crippen molar-refractivity contribution < 1.29 is 4.74 Å². The molecule has 0 aromatic carbocycles. The minimum atomic E-state index is 0.848. The van der Waals surface area contributed by atoms with Gasteiger partial charge in [-0.05, 0) is 18.6 Å². The average molecular weight is 137 g/mol. The first-order valence-corrected chi connectivity index (χ1v) is 3.30. The number of methoxy groups -OCH3 is 1. The number of allylic oxidation sites excluding steroid dienone is 1. The Bertz CT molecular complexity index is 191. The fourth-order valence-corrected chi connectivity index (χ4v) is 0.916. The molecule has 2 heteroatoms. The van der Waals surface area contributed by atoms with Crippen LogP contribution in [-0.2, 0) is 4.74 Å². The predicted octanol–water partition coefficient (Wildman–Crippen LogP) is 1.55.